The number of carbonyl (C=O) groups is 2. The number of alkyl halides is 5. The highest BCUT2D eigenvalue weighted by Gasteiger charge is 2.35. The maximum absolute atomic E-state index is 13.2. The van der Waals surface area contributed by atoms with Crippen LogP contribution in [-0.2, 0) is 18.3 Å². The molecule has 0 atom stereocenters. The first-order chi connectivity index (χ1) is 16.9. The van der Waals surface area contributed by atoms with E-state index in [1.165, 1.54) is 37.4 Å². The fraction of sp³-hybridized carbons (Fsp3) is 0.261. The van der Waals surface area contributed by atoms with Gasteiger partial charge in [-0.25, -0.2) is 9.48 Å². The number of amides is 1. The van der Waals surface area contributed by atoms with Crippen molar-refractivity contribution in [3.63, 3.8) is 0 Å². The second-order valence-electron chi connectivity index (χ2n) is 7.12. The van der Waals surface area contributed by atoms with Crippen LogP contribution >= 0.6 is 0 Å². The topological polar surface area (TPSA) is 103 Å². The Balaban J connectivity index is 2.39. The quantitative estimate of drug-likeness (QED) is 0.254. The number of allylic oxidation sites excluding steroid dienone is 3. The Morgan fingerprint density at radius 3 is 2.53 bits per heavy atom. The largest absolute Gasteiger partial charge is 0.478 e. The Morgan fingerprint density at radius 2 is 1.92 bits per heavy atom. The lowest BCUT2D eigenvalue weighted by molar-refractivity contribution is -0.131. The van der Waals surface area contributed by atoms with Gasteiger partial charge in [-0.3, -0.25) is 4.79 Å². The van der Waals surface area contributed by atoms with Crippen LogP contribution in [0, 0.1) is 0 Å². The maximum atomic E-state index is 13.2. The Morgan fingerprint density at radius 1 is 1.22 bits per heavy atom. The molecule has 1 aromatic heterocycles. The number of hydrogen-bond donors (Lipinski definition) is 2. The first-order valence-electron chi connectivity index (χ1n) is 10.3. The highest BCUT2D eigenvalue weighted by atomic mass is 19.4. The number of carbonyl (C=O) groups excluding carboxylic acids is 1. The summed E-state index contributed by atoms with van der Waals surface area (Å²) in [5.74, 6) is -2.84. The number of aliphatic carboxylic acids is 1. The Hall–Kier alpha value is -4.16. The predicted octanol–water partition coefficient (Wildman–Crippen LogP) is 4.79. The molecule has 36 heavy (non-hydrogen) atoms. The molecule has 0 bridgehead atoms. The van der Waals surface area contributed by atoms with Crippen molar-refractivity contribution >= 4 is 11.9 Å². The molecule has 0 fully saturated rings. The molecule has 1 aromatic carbocycles. The molecular formula is C23H22F5N3O5. The second-order valence-corrected chi connectivity index (χ2v) is 7.12. The Kier molecular flexibility index (Phi) is 9.76. The number of aromatic nitrogens is 2. The van der Waals surface area contributed by atoms with Crippen molar-refractivity contribution in [2.45, 2.75) is 26.1 Å². The van der Waals surface area contributed by atoms with E-state index in [1.54, 1.807) is 19.1 Å². The van der Waals surface area contributed by atoms with E-state index in [-0.39, 0.29) is 23.9 Å². The number of benzene rings is 1. The van der Waals surface area contributed by atoms with Crippen molar-refractivity contribution in [1.29, 1.82) is 0 Å². The molecule has 0 saturated carbocycles. The van der Waals surface area contributed by atoms with Crippen molar-refractivity contribution < 1.29 is 46.1 Å². The van der Waals surface area contributed by atoms with E-state index in [4.69, 9.17) is 9.84 Å². The van der Waals surface area contributed by atoms with Crippen molar-refractivity contribution in [2.24, 2.45) is 7.05 Å². The molecule has 2 aromatic rings. The van der Waals surface area contributed by atoms with Gasteiger partial charge in [-0.1, -0.05) is 30.4 Å². The Labute approximate surface area is 202 Å². The van der Waals surface area contributed by atoms with E-state index in [9.17, 15) is 31.5 Å². The molecule has 8 nitrogen and oxygen atoms in total. The fourth-order valence-corrected chi connectivity index (χ4v) is 2.96. The number of nitrogens with one attached hydrogen (secondary N) is 1. The SMILES string of the molecule is C\C=C/C(=C\C=C\C(=O)O)CNC(=O)c1c(CC(F)(F)F)nn(C)c1Oc1cccc(OC(F)F)c1. The molecule has 194 valence electrons. The van der Waals surface area contributed by atoms with E-state index in [0.717, 1.165) is 16.8 Å². The summed E-state index contributed by atoms with van der Waals surface area (Å²) >= 11 is 0. The third kappa shape index (κ3) is 8.89. The van der Waals surface area contributed by atoms with Gasteiger partial charge in [0, 0.05) is 25.7 Å². The summed E-state index contributed by atoms with van der Waals surface area (Å²) in [5, 5.41) is 14.9. The third-order valence-electron chi connectivity index (χ3n) is 4.29. The normalized spacial score (nSPS) is 12.5. The van der Waals surface area contributed by atoms with Crippen LogP contribution < -0.4 is 14.8 Å². The van der Waals surface area contributed by atoms with E-state index in [0.29, 0.717) is 5.57 Å². The molecule has 0 aliphatic rings. The summed E-state index contributed by atoms with van der Waals surface area (Å²) in [6.45, 7) is -1.59. The molecule has 0 radical (unpaired) electrons. The second kappa shape index (κ2) is 12.5. The summed E-state index contributed by atoms with van der Waals surface area (Å²) in [5.41, 5.74) is -0.667. The molecule has 1 heterocycles. The minimum absolute atomic E-state index is 0.0860. The van der Waals surface area contributed by atoms with Crippen molar-refractivity contribution in [3.8, 4) is 17.4 Å². The van der Waals surface area contributed by atoms with Gasteiger partial charge in [0.2, 0.25) is 5.88 Å². The van der Waals surface area contributed by atoms with Gasteiger partial charge >= 0.3 is 18.8 Å². The van der Waals surface area contributed by atoms with Gasteiger partial charge in [0.15, 0.2) is 0 Å². The fourth-order valence-electron chi connectivity index (χ4n) is 2.96. The van der Waals surface area contributed by atoms with Crippen LogP contribution in [0.25, 0.3) is 0 Å². The van der Waals surface area contributed by atoms with E-state index in [1.807, 2.05) is 0 Å². The Bertz CT molecular complexity index is 1170. The van der Waals surface area contributed by atoms with Crippen molar-refractivity contribution in [3.05, 3.63) is 71.5 Å². The molecule has 0 unspecified atom stereocenters. The number of ether oxygens (including phenoxy) is 2. The number of halogens is 5. The van der Waals surface area contributed by atoms with Gasteiger partial charge in [0.05, 0.1) is 12.1 Å². The number of carboxylic acid groups (broad SMARTS) is 1. The standard InChI is InChI=1S/C23H22F5N3O5/c1-3-6-14(7-4-10-18(32)33)13-29-20(34)19-17(12-23(26,27)28)30-31(2)21(19)35-15-8-5-9-16(11-15)36-22(24)25/h3-11,22H,12-13H2,1-2H3,(H,29,34)(H,32,33)/b6-3-,10-4+,14-7+. The van der Waals surface area contributed by atoms with Crippen LogP contribution in [0.15, 0.2) is 60.2 Å². The molecular weight excluding hydrogens is 493 g/mol. The monoisotopic (exact) mass is 515 g/mol. The first kappa shape index (κ1) is 28.1. The van der Waals surface area contributed by atoms with Crippen molar-refractivity contribution in [2.75, 3.05) is 6.54 Å². The molecule has 0 spiro atoms. The minimum Gasteiger partial charge on any atom is -0.478 e. The first-order valence-corrected chi connectivity index (χ1v) is 10.3. The van der Waals surface area contributed by atoms with E-state index in [2.05, 4.69) is 15.2 Å². The van der Waals surface area contributed by atoms with Gasteiger partial charge < -0.3 is 19.9 Å². The highest BCUT2D eigenvalue weighted by molar-refractivity contribution is 5.98. The summed E-state index contributed by atoms with van der Waals surface area (Å²) in [7, 11) is 1.26. The average Bonchev–Trinajstić information content (AvgIpc) is 3.04. The number of aryl methyl sites for hydroxylation is 1. The smallest absolute Gasteiger partial charge is 0.394 e. The zero-order chi connectivity index (χ0) is 26.9. The highest BCUT2D eigenvalue weighted by Crippen LogP contribution is 2.32. The van der Waals surface area contributed by atoms with Gasteiger partial charge in [0.1, 0.15) is 17.1 Å². The number of rotatable bonds is 11. The number of carboxylic acids is 1. The van der Waals surface area contributed by atoms with Crippen LogP contribution in [0.2, 0.25) is 0 Å². The van der Waals surface area contributed by atoms with Gasteiger partial charge in [-0.15, -0.1) is 0 Å². The maximum Gasteiger partial charge on any atom is 0.394 e. The van der Waals surface area contributed by atoms with Crippen LogP contribution in [0.1, 0.15) is 23.0 Å². The number of nitrogens with zero attached hydrogens (tertiary/aromatic N) is 2. The summed E-state index contributed by atoms with van der Waals surface area (Å²) in [4.78, 5) is 23.6. The lowest BCUT2D eigenvalue weighted by Crippen LogP contribution is -2.27. The van der Waals surface area contributed by atoms with Crippen molar-refractivity contribution in [1.82, 2.24) is 15.1 Å². The van der Waals surface area contributed by atoms with Crippen LogP contribution in [0.3, 0.4) is 0 Å². The van der Waals surface area contributed by atoms with E-state index >= 15 is 0 Å². The lowest BCUT2D eigenvalue weighted by Gasteiger charge is -2.12. The summed E-state index contributed by atoms with van der Waals surface area (Å²) in [6, 6.07) is 4.95. The third-order valence-corrected chi connectivity index (χ3v) is 4.29. The van der Waals surface area contributed by atoms with E-state index < -0.39 is 42.3 Å². The minimum atomic E-state index is -4.69. The summed E-state index contributed by atoms with van der Waals surface area (Å²) < 4.78 is 75.3. The zero-order valence-electron chi connectivity index (χ0n) is 19.1. The molecule has 2 N–H and O–H groups in total. The van der Waals surface area contributed by atoms with Crippen LogP contribution in [0.5, 0.6) is 17.4 Å². The molecule has 0 aliphatic carbocycles. The average molecular weight is 515 g/mol. The van der Waals surface area contributed by atoms with Gasteiger partial charge in [0.25, 0.3) is 5.91 Å². The van der Waals surface area contributed by atoms with Crippen LogP contribution in [0.4, 0.5) is 22.0 Å². The molecule has 13 heteroatoms. The van der Waals surface area contributed by atoms with Gasteiger partial charge in [-0.2, -0.15) is 27.1 Å². The molecule has 0 aliphatic heterocycles. The zero-order valence-corrected chi connectivity index (χ0v) is 19.1. The summed E-state index contributed by atoms with van der Waals surface area (Å²) in [6.07, 6.45) is 0.467. The van der Waals surface area contributed by atoms with Gasteiger partial charge in [-0.05, 0) is 24.6 Å². The number of hydrogen-bond acceptors (Lipinski definition) is 5. The molecule has 0 saturated heterocycles. The predicted molar refractivity (Wildman–Crippen MR) is 118 cm³/mol. The van der Waals surface area contributed by atoms with Crippen LogP contribution in [-0.4, -0.2) is 46.1 Å². The molecule has 2 rings (SSSR count). The lowest BCUT2D eigenvalue weighted by atomic mass is 10.1. The molecule has 1 amide bonds.